The zero-order valence-electron chi connectivity index (χ0n) is 17.7. The molecule has 1 atom stereocenters. The molecule has 11 heteroatoms. The van der Waals surface area contributed by atoms with Crippen molar-refractivity contribution in [3.05, 3.63) is 41.6 Å². The zero-order chi connectivity index (χ0) is 22.9. The van der Waals surface area contributed by atoms with E-state index in [9.17, 15) is 17.6 Å². The lowest BCUT2D eigenvalue weighted by atomic mass is 10.0. The summed E-state index contributed by atoms with van der Waals surface area (Å²) in [5, 5.41) is 3.31. The van der Waals surface area contributed by atoms with Gasteiger partial charge in [0.2, 0.25) is 5.91 Å². The van der Waals surface area contributed by atoms with Crippen molar-refractivity contribution in [2.75, 3.05) is 35.6 Å². The number of anilines is 2. The standard InChI is InChI=1S/C21H25ClFN5O3S/c1-2-32(30,31)15-3-4-17(16(23)11-15)26-18-7-10-28(21(18)29)14-5-8-27(9-6-14)20-13-24-19(22)12-25-20/h3-4,11-14,18,26H,2,5-10H2,1H3/t18-/m0/s1. The average molecular weight is 482 g/mol. The molecule has 172 valence electrons. The van der Waals surface area contributed by atoms with Gasteiger partial charge in [-0.2, -0.15) is 0 Å². The molecule has 8 nitrogen and oxygen atoms in total. The van der Waals surface area contributed by atoms with E-state index >= 15 is 0 Å². The third kappa shape index (κ3) is 4.66. The third-order valence-corrected chi connectivity index (χ3v) is 8.01. The summed E-state index contributed by atoms with van der Waals surface area (Å²) in [5.74, 6) is -0.0645. The van der Waals surface area contributed by atoms with Crippen LogP contribution in [0.4, 0.5) is 15.9 Å². The summed E-state index contributed by atoms with van der Waals surface area (Å²) in [7, 11) is -3.49. The van der Waals surface area contributed by atoms with E-state index in [1.165, 1.54) is 25.3 Å². The van der Waals surface area contributed by atoms with Gasteiger partial charge in [0.1, 0.15) is 22.8 Å². The van der Waals surface area contributed by atoms with Gasteiger partial charge in [-0.15, -0.1) is 0 Å². The van der Waals surface area contributed by atoms with Crippen molar-refractivity contribution in [3.63, 3.8) is 0 Å². The van der Waals surface area contributed by atoms with Crippen molar-refractivity contribution in [1.29, 1.82) is 0 Å². The van der Waals surface area contributed by atoms with Gasteiger partial charge in [-0.05, 0) is 37.5 Å². The predicted octanol–water partition coefficient (Wildman–Crippen LogP) is 2.74. The minimum Gasteiger partial charge on any atom is -0.371 e. The first-order valence-corrected chi connectivity index (χ1v) is 12.6. The van der Waals surface area contributed by atoms with E-state index in [1.54, 1.807) is 6.20 Å². The van der Waals surface area contributed by atoms with Gasteiger partial charge < -0.3 is 15.1 Å². The van der Waals surface area contributed by atoms with E-state index < -0.39 is 21.7 Å². The molecule has 4 rings (SSSR count). The number of nitrogens with zero attached hydrogens (tertiary/aromatic N) is 4. The van der Waals surface area contributed by atoms with E-state index in [-0.39, 0.29) is 28.3 Å². The topological polar surface area (TPSA) is 95.5 Å². The van der Waals surface area contributed by atoms with Crippen molar-refractivity contribution in [2.45, 2.75) is 43.2 Å². The molecular formula is C21H25ClFN5O3S. The van der Waals surface area contributed by atoms with Gasteiger partial charge in [0.05, 0.1) is 28.7 Å². The number of halogens is 2. The summed E-state index contributed by atoms with van der Waals surface area (Å²) in [4.78, 5) is 25.3. The molecule has 2 aliphatic rings. The number of hydrogen-bond acceptors (Lipinski definition) is 7. The number of piperidine rings is 1. The number of amides is 1. The molecule has 1 amide bonds. The van der Waals surface area contributed by atoms with Crippen LogP contribution in [0.5, 0.6) is 0 Å². The van der Waals surface area contributed by atoms with Crippen LogP contribution in [-0.4, -0.2) is 66.7 Å². The van der Waals surface area contributed by atoms with Crippen LogP contribution in [0.2, 0.25) is 5.15 Å². The smallest absolute Gasteiger partial charge is 0.245 e. The molecule has 1 aromatic carbocycles. The van der Waals surface area contributed by atoms with Crippen molar-refractivity contribution in [2.24, 2.45) is 0 Å². The molecule has 1 N–H and O–H groups in total. The quantitative estimate of drug-likeness (QED) is 0.677. The van der Waals surface area contributed by atoms with E-state index in [2.05, 4.69) is 20.2 Å². The Bertz CT molecular complexity index is 1090. The highest BCUT2D eigenvalue weighted by molar-refractivity contribution is 7.91. The summed E-state index contributed by atoms with van der Waals surface area (Å²) < 4.78 is 38.4. The van der Waals surface area contributed by atoms with Crippen molar-refractivity contribution in [1.82, 2.24) is 14.9 Å². The molecule has 0 aliphatic carbocycles. The monoisotopic (exact) mass is 481 g/mol. The zero-order valence-corrected chi connectivity index (χ0v) is 19.2. The molecule has 2 aromatic rings. The first-order chi connectivity index (χ1) is 15.3. The summed E-state index contributed by atoms with van der Waals surface area (Å²) in [5.41, 5.74) is 0.136. The van der Waals surface area contributed by atoms with E-state index in [0.717, 1.165) is 37.8 Å². The minimum atomic E-state index is -3.49. The third-order valence-electron chi connectivity index (χ3n) is 6.09. The molecule has 0 saturated carbocycles. The van der Waals surface area contributed by atoms with Crippen LogP contribution in [-0.2, 0) is 14.6 Å². The SMILES string of the molecule is CCS(=O)(=O)c1ccc(N[C@H]2CCN(C3CCN(c4cnc(Cl)cn4)CC3)C2=O)c(F)c1. The molecule has 2 fully saturated rings. The maximum atomic E-state index is 14.5. The summed E-state index contributed by atoms with van der Waals surface area (Å²) >= 11 is 5.80. The van der Waals surface area contributed by atoms with Crippen molar-refractivity contribution >= 4 is 38.9 Å². The number of hydrogen-bond donors (Lipinski definition) is 1. The first-order valence-electron chi connectivity index (χ1n) is 10.6. The maximum absolute atomic E-state index is 14.5. The second kappa shape index (κ2) is 9.19. The van der Waals surface area contributed by atoms with Crippen LogP contribution >= 0.6 is 11.6 Å². The van der Waals surface area contributed by atoms with E-state index in [4.69, 9.17) is 11.6 Å². The summed E-state index contributed by atoms with van der Waals surface area (Å²) in [6.45, 7) is 3.63. The van der Waals surface area contributed by atoms with Gasteiger partial charge in [0.15, 0.2) is 9.84 Å². The Balaban J connectivity index is 1.36. The van der Waals surface area contributed by atoms with Gasteiger partial charge >= 0.3 is 0 Å². The van der Waals surface area contributed by atoms with Gasteiger partial charge in [0, 0.05) is 25.7 Å². The minimum absolute atomic E-state index is 0.0560. The number of rotatable bonds is 6. The summed E-state index contributed by atoms with van der Waals surface area (Å²) in [6.07, 6.45) is 5.35. The molecule has 0 spiro atoms. The molecule has 0 bridgehead atoms. The number of nitrogens with one attached hydrogen (secondary N) is 1. The van der Waals surface area contributed by atoms with Crippen LogP contribution in [0.1, 0.15) is 26.2 Å². The largest absolute Gasteiger partial charge is 0.371 e. The number of benzene rings is 1. The van der Waals surface area contributed by atoms with Crippen LogP contribution in [0.25, 0.3) is 0 Å². The molecule has 2 saturated heterocycles. The van der Waals surface area contributed by atoms with Crippen LogP contribution in [0.15, 0.2) is 35.5 Å². The lowest BCUT2D eigenvalue weighted by Crippen LogP contribution is -2.47. The fraction of sp³-hybridized carbons (Fsp3) is 0.476. The average Bonchev–Trinajstić information content (AvgIpc) is 3.15. The molecule has 32 heavy (non-hydrogen) atoms. The van der Waals surface area contributed by atoms with Crippen molar-refractivity contribution < 1.29 is 17.6 Å². The molecule has 3 heterocycles. The number of carbonyl (C=O) groups is 1. The lowest BCUT2D eigenvalue weighted by molar-refractivity contribution is -0.130. The Kier molecular flexibility index (Phi) is 6.52. The maximum Gasteiger partial charge on any atom is 0.245 e. The van der Waals surface area contributed by atoms with E-state index in [0.29, 0.717) is 18.1 Å². The Labute approximate surface area is 191 Å². The predicted molar refractivity (Wildman–Crippen MR) is 120 cm³/mol. The molecule has 1 aromatic heterocycles. The Morgan fingerprint density at radius 2 is 1.91 bits per heavy atom. The van der Waals surface area contributed by atoms with Crippen LogP contribution in [0, 0.1) is 5.82 Å². The number of carbonyl (C=O) groups excluding carboxylic acids is 1. The molecule has 0 radical (unpaired) electrons. The second-order valence-electron chi connectivity index (χ2n) is 7.98. The summed E-state index contributed by atoms with van der Waals surface area (Å²) in [6, 6.07) is 3.36. The number of sulfone groups is 1. The van der Waals surface area contributed by atoms with Gasteiger partial charge in [-0.3, -0.25) is 4.79 Å². The fourth-order valence-corrected chi connectivity index (χ4v) is 5.22. The Morgan fingerprint density at radius 1 is 1.16 bits per heavy atom. The molecule has 2 aliphatic heterocycles. The van der Waals surface area contributed by atoms with Gasteiger partial charge in [-0.25, -0.2) is 22.8 Å². The normalized spacial score (nSPS) is 20.1. The molecular weight excluding hydrogens is 457 g/mol. The van der Waals surface area contributed by atoms with E-state index in [1.807, 2.05) is 4.90 Å². The highest BCUT2D eigenvalue weighted by Crippen LogP contribution is 2.27. The first kappa shape index (κ1) is 22.7. The lowest BCUT2D eigenvalue weighted by Gasteiger charge is -2.37. The fourth-order valence-electron chi connectivity index (χ4n) is 4.23. The Morgan fingerprint density at radius 3 is 2.53 bits per heavy atom. The Hall–Kier alpha value is -2.46. The van der Waals surface area contributed by atoms with Crippen LogP contribution in [0.3, 0.4) is 0 Å². The second-order valence-corrected chi connectivity index (χ2v) is 10.6. The number of aromatic nitrogens is 2. The highest BCUT2D eigenvalue weighted by atomic mass is 35.5. The van der Waals surface area contributed by atoms with Crippen molar-refractivity contribution in [3.8, 4) is 0 Å². The highest BCUT2D eigenvalue weighted by Gasteiger charge is 2.37. The van der Waals surface area contributed by atoms with Crippen LogP contribution < -0.4 is 10.2 Å². The number of likely N-dealkylation sites (tertiary alicyclic amines) is 1. The van der Waals surface area contributed by atoms with Gasteiger partial charge in [0.25, 0.3) is 0 Å². The van der Waals surface area contributed by atoms with Gasteiger partial charge in [-0.1, -0.05) is 18.5 Å². The molecule has 0 unspecified atom stereocenters.